The van der Waals surface area contributed by atoms with Crippen LogP contribution in [0.2, 0.25) is 0 Å². The van der Waals surface area contributed by atoms with Crippen LogP contribution in [0.25, 0.3) is 0 Å². The average molecular weight is 314 g/mol. The quantitative estimate of drug-likeness (QED) is 0.740. The van der Waals surface area contributed by atoms with Gasteiger partial charge in [0.2, 0.25) is 0 Å². The Hall–Kier alpha value is -0.500. The summed E-state index contributed by atoms with van der Waals surface area (Å²) in [5, 5.41) is 0. The topological polar surface area (TPSA) is 55.4 Å². The van der Waals surface area contributed by atoms with E-state index in [1.165, 1.54) is 0 Å². The molecule has 126 valence electrons. The van der Waals surface area contributed by atoms with E-state index >= 15 is 0 Å². The monoisotopic (exact) mass is 314 g/mol. The van der Waals surface area contributed by atoms with E-state index in [1.54, 1.807) is 6.08 Å². The minimum absolute atomic E-state index is 0.170. The van der Waals surface area contributed by atoms with Gasteiger partial charge in [0.25, 0.3) is 0 Å². The molecule has 6 nitrogen and oxygen atoms in total. The summed E-state index contributed by atoms with van der Waals surface area (Å²) in [4.78, 5) is 0. The van der Waals surface area contributed by atoms with Crippen molar-refractivity contribution in [3.8, 4) is 0 Å². The summed E-state index contributed by atoms with van der Waals surface area (Å²) in [7, 11) is 0. The van der Waals surface area contributed by atoms with Gasteiger partial charge in [0, 0.05) is 0 Å². The summed E-state index contributed by atoms with van der Waals surface area (Å²) >= 11 is 0. The van der Waals surface area contributed by atoms with Crippen LogP contribution < -0.4 is 0 Å². The first-order valence-corrected chi connectivity index (χ1v) is 7.82. The molecule has 0 bridgehead atoms. The zero-order valence-corrected chi connectivity index (χ0v) is 13.9. The van der Waals surface area contributed by atoms with Gasteiger partial charge in [-0.05, 0) is 34.6 Å². The molecule has 0 aliphatic carbocycles. The number of hydrogen-bond donors (Lipinski definition) is 0. The van der Waals surface area contributed by atoms with Crippen LogP contribution in [0.5, 0.6) is 0 Å². The fraction of sp³-hybridized carbons (Fsp3) is 0.875. The molecule has 22 heavy (non-hydrogen) atoms. The lowest BCUT2D eigenvalue weighted by molar-refractivity contribution is -0.254. The third-order valence-electron chi connectivity index (χ3n) is 4.13. The fourth-order valence-electron chi connectivity index (χ4n) is 3.34. The Morgan fingerprint density at radius 2 is 1.59 bits per heavy atom. The molecule has 3 aliphatic heterocycles. The predicted octanol–water partition coefficient (Wildman–Crippen LogP) is 1.97. The second kappa shape index (κ2) is 5.54. The minimum Gasteiger partial charge on any atom is -0.372 e. The van der Waals surface area contributed by atoms with Crippen molar-refractivity contribution in [3.63, 3.8) is 0 Å². The van der Waals surface area contributed by atoms with E-state index in [9.17, 15) is 0 Å². The third kappa shape index (κ3) is 2.96. The predicted molar refractivity (Wildman–Crippen MR) is 78.1 cm³/mol. The molecule has 0 aromatic heterocycles. The first-order chi connectivity index (χ1) is 10.2. The van der Waals surface area contributed by atoms with Crippen molar-refractivity contribution in [1.29, 1.82) is 0 Å². The highest BCUT2D eigenvalue weighted by atomic mass is 16.9. The summed E-state index contributed by atoms with van der Waals surface area (Å²) in [6.45, 7) is 13.6. The van der Waals surface area contributed by atoms with Crippen molar-refractivity contribution in [2.75, 3.05) is 6.61 Å². The lowest BCUT2D eigenvalue weighted by Crippen LogP contribution is -2.58. The molecule has 0 aromatic carbocycles. The van der Waals surface area contributed by atoms with E-state index in [0.717, 1.165) is 0 Å². The first-order valence-electron chi connectivity index (χ1n) is 7.82. The smallest absolute Gasteiger partial charge is 0.190 e. The lowest BCUT2D eigenvalue weighted by Gasteiger charge is -2.39. The number of hydrogen-bond acceptors (Lipinski definition) is 6. The Labute approximate surface area is 131 Å². The van der Waals surface area contributed by atoms with Gasteiger partial charge in [-0.15, -0.1) is 6.58 Å². The molecule has 3 heterocycles. The van der Waals surface area contributed by atoms with Crippen LogP contribution in [-0.4, -0.2) is 55.0 Å². The van der Waals surface area contributed by atoms with Crippen LogP contribution in [0.1, 0.15) is 34.6 Å². The highest BCUT2D eigenvalue weighted by Gasteiger charge is 2.61. The Morgan fingerprint density at radius 3 is 2.27 bits per heavy atom. The van der Waals surface area contributed by atoms with Gasteiger partial charge in [0.15, 0.2) is 17.9 Å². The molecule has 3 aliphatic rings. The SMILES string of the molecule is C=CCO[C@@H](C)[C@H]1O[C@@H]2OC(C)(C)O[C@@H]2[C@H]2OC(C)(C)O[C@H]21. The fourth-order valence-corrected chi connectivity index (χ4v) is 3.34. The largest absolute Gasteiger partial charge is 0.372 e. The Balaban J connectivity index is 1.82. The van der Waals surface area contributed by atoms with Crippen LogP contribution in [0.4, 0.5) is 0 Å². The van der Waals surface area contributed by atoms with Crippen LogP contribution in [0, 0.1) is 0 Å². The molecule has 0 unspecified atom stereocenters. The van der Waals surface area contributed by atoms with Crippen LogP contribution >= 0.6 is 0 Å². The number of ether oxygens (including phenoxy) is 6. The average Bonchev–Trinajstić information content (AvgIpc) is 2.89. The second-order valence-corrected chi connectivity index (χ2v) is 6.96. The van der Waals surface area contributed by atoms with Gasteiger partial charge in [0.1, 0.15) is 24.4 Å². The van der Waals surface area contributed by atoms with E-state index in [4.69, 9.17) is 28.4 Å². The molecule has 3 fully saturated rings. The zero-order chi connectivity index (χ0) is 16.1. The summed E-state index contributed by atoms with van der Waals surface area (Å²) in [5.74, 6) is -1.38. The van der Waals surface area contributed by atoms with Gasteiger partial charge in [-0.1, -0.05) is 6.08 Å². The summed E-state index contributed by atoms with van der Waals surface area (Å²) in [6, 6.07) is 0. The van der Waals surface area contributed by atoms with Gasteiger partial charge >= 0.3 is 0 Å². The van der Waals surface area contributed by atoms with Gasteiger partial charge in [0.05, 0.1) is 12.7 Å². The summed E-state index contributed by atoms with van der Waals surface area (Å²) < 4.78 is 35.8. The summed E-state index contributed by atoms with van der Waals surface area (Å²) in [5.41, 5.74) is 0. The van der Waals surface area contributed by atoms with Gasteiger partial charge in [-0.2, -0.15) is 0 Å². The zero-order valence-electron chi connectivity index (χ0n) is 13.9. The van der Waals surface area contributed by atoms with Gasteiger partial charge in [-0.25, -0.2) is 0 Å². The van der Waals surface area contributed by atoms with E-state index in [1.807, 2.05) is 34.6 Å². The second-order valence-electron chi connectivity index (χ2n) is 6.96. The maximum Gasteiger partial charge on any atom is 0.190 e. The van der Waals surface area contributed by atoms with Crippen molar-refractivity contribution in [2.24, 2.45) is 0 Å². The molecule has 0 spiro atoms. The summed E-state index contributed by atoms with van der Waals surface area (Å²) in [6.07, 6.45) is -0.0165. The Morgan fingerprint density at radius 1 is 1.00 bits per heavy atom. The molecule has 0 amide bonds. The molecule has 6 heteroatoms. The van der Waals surface area contributed by atoms with Gasteiger partial charge in [-0.3, -0.25) is 0 Å². The van der Waals surface area contributed by atoms with E-state index < -0.39 is 17.9 Å². The van der Waals surface area contributed by atoms with Crippen molar-refractivity contribution >= 4 is 0 Å². The van der Waals surface area contributed by atoms with Crippen molar-refractivity contribution in [3.05, 3.63) is 12.7 Å². The molecule has 6 atom stereocenters. The maximum absolute atomic E-state index is 6.10. The molecular formula is C16H26O6. The molecule has 0 N–H and O–H groups in total. The van der Waals surface area contributed by atoms with Gasteiger partial charge < -0.3 is 28.4 Å². The molecular weight excluding hydrogens is 288 g/mol. The maximum atomic E-state index is 6.10. The van der Waals surface area contributed by atoms with Crippen molar-refractivity contribution < 1.29 is 28.4 Å². The number of rotatable bonds is 4. The highest BCUT2D eigenvalue weighted by Crippen LogP contribution is 2.44. The van der Waals surface area contributed by atoms with E-state index in [2.05, 4.69) is 6.58 Å². The molecule has 0 saturated carbocycles. The minimum atomic E-state index is -0.698. The van der Waals surface area contributed by atoms with E-state index in [0.29, 0.717) is 6.61 Å². The molecule has 3 saturated heterocycles. The third-order valence-corrected chi connectivity index (χ3v) is 4.13. The van der Waals surface area contributed by atoms with Crippen LogP contribution in [-0.2, 0) is 28.4 Å². The standard InChI is InChI=1S/C16H26O6/c1-7-8-17-9(2)10-11-12(20-15(3,4)19-11)13-14(18-10)22-16(5,6)21-13/h7,9-14H,1,8H2,2-6H3/t9-,10+,11-,12-,13+,14+/m0/s1. The number of fused-ring (bicyclic) bond motifs is 3. The van der Waals surface area contributed by atoms with Crippen molar-refractivity contribution in [2.45, 2.75) is 83.0 Å². The molecule has 3 rings (SSSR count). The van der Waals surface area contributed by atoms with Crippen molar-refractivity contribution in [1.82, 2.24) is 0 Å². The highest BCUT2D eigenvalue weighted by molar-refractivity contribution is 5.01. The Kier molecular flexibility index (Phi) is 4.12. The lowest BCUT2D eigenvalue weighted by atomic mass is 9.96. The first kappa shape index (κ1) is 16.4. The van der Waals surface area contributed by atoms with Crippen LogP contribution in [0.3, 0.4) is 0 Å². The normalized spacial score (nSPS) is 43.4. The van der Waals surface area contributed by atoms with Crippen LogP contribution in [0.15, 0.2) is 12.7 Å². The van der Waals surface area contributed by atoms with E-state index in [-0.39, 0.29) is 30.5 Å². The Bertz CT molecular complexity index is 434. The molecule has 0 aromatic rings. The molecule has 0 radical (unpaired) electrons.